The summed E-state index contributed by atoms with van der Waals surface area (Å²) < 4.78 is 0. The first-order valence-corrected chi connectivity index (χ1v) is 6.03. The molecule has 0 radical (unpaired) electrons. The second-order valence-electron chi connectivity index (χ2n) is 3.13. The van der Waals surface area contributed by atoms with Crippen LogP contribution in [0.3, 0.4) is 0 Å². The minimum Gasteiger partial charge on any atom is -0.288 e. The smallest absolute Gasteiger partial charge is 0.204 e. The number of carbonyl (C=O) groups is 1. The van der Waals surface area contributed by atoms with Gasteiger partial charge in [-0.1, -0.05) is 6.07 Å². The SMILES string of the molecule is Cc1cc(C(=O)c2cccs2)c(C)s1. The molecule has 0 amide bonds. The minimum atomic E-state index is 0.154. The summed E-state index contributed by atoms with van der Waals surface area (Å²) in [7, 11) is 0. The van der Waals surface area contributed by atoms with E-state index in [9.17, 15) is 4.79 Å². The van der Waals surface area contributed by atoms with Gasteiger partial charge in [-0.25, -0.2) is 0 Å². The van der Waals surface area contributed by atoms with Gasteiger partial charge in [-0.15, -0.1) is 22.7 Å². The lowest BCUT2D eigenvalue weighted by Crippen LogP contribution is -1.97. The van der Waals surface area contributed by atoms with Gasteiger partial charge in [-0.3, -0.25) is 4.79 Å². The maximum Gasteiger partial charge on any atom is 0.204 e. The van der Waals surface area contributed by atoms with Gasteiger partial charge >= 0.3 is 0 Å². The molecule has 14 heavy (non-hydrogen) atoms. The molecule has 0 spiro atoms. The molecule has 0 aliphatic rings. The lowest BCUT2D eigenvalue weighted by molar-refractivity contribution is 0.104. The number of thiophene rings is 2. The standard InChI is InChI=1S/C11H10OS2/c1-7-6-9(8(2)14-7)11(12)10-4-3-5-13-10/h3-6H,1-2H3. The summed E-state index contributed by atoms with van der Waals surface area (Å²) in [4.78, 5) is 15.1. The monoisotopic (exact) mass is 222 g/mol. The summed E-state index contributed by atoms with van der Waals surface area (Å²) >= 11 is 3.18. The molecule has 0 aliphatic heterocycles. The summed E-state index contributed by atoms with van der Waals surface area (Å²) in [5.41, 5.74) is 0.856. The van der Waals surface area contributed by atoms with Gasteiger partial charge in [0, 0.05) is 15.3 Å². The predicted molar refractivity (Wildman–Crippen MR) is 61.5 cm³/mol. The first-order valence-electron chi connectivity index (χ1n) is 4.33. The van der Waals surface area contributed by atoms with Crippen molar-refractivity contribution in [1.29, 1.82) is 0 Å². The Bertz CT molecular complexity index is 452. The molecular weight excluding hydrogens is 212 g/mol. The highest BCUT2D eigenvalue weighted by Gasteiger charge is 2.14. The van der Waals surface area contributed by atoms with Gasteiger partial charge in [0.1, 0.15) is 0 Å². The number of carbonyl (C=O) groups excluding carboxylic acids is 1. The van der Waals surface area contributed by atoms with Crippen LogP contribution in [-0.2, 0) is 0 Å². The molecule has 0 N–H and O–H groups in total. The number of aryl methyl sites for hydroxylation is 2. The van der Waals surface area contributed by atoms with Crippen LogP contribution >= 0.6 is 22.7 Å². The van der Waals surface area contributed by atoms with E-state index in [0.29, 0.717) is 0 Å². The molecule has 0 unspecified atom stereocenters. The van der Waals surface area contributed by atoms with Crippen molar-refractivity contribution in [2.75, 3.05) is 0 Å². The van der Waals surface area contributed by atoms with Crippen LogP contribution in [0.1, 0.15) is 25.0 Å². The quantitative estimate of drug-likeness (QED) is 0.709. The molecule has 2 aromatic heterocycles. The Labute approximate surface area is 91.0 Å². The lowest BCUT2D eigenvalue weighted by atomic mass is 10.1. The number of rotatable bonds is 2. The van der Waals surface area contributed by atoms with E-state index in [2.05, 4.69) is 0 Å². The van der Waals surface area contributed by atoms with Crippen LogP contribution in [0.25, 0.3) is 0 Å². The fraction of sp³-hybridized carbons (Fsp3) is 0.182. The summed E-state index contributed by atoms with van der Waals surface area (Å²) in [6.45, 7) is 4.03. The summed E-state index contributed by atoms with van der Waals surface area (Å²) in [5, 5.41) is 1.93. The second-order valence-corrected chi connectivity index (χ2v) is 5.54. The normalized spacial score (nSPS) is 10.4. The van der Waals surface area contributed by atoms with Gasteiger partial charge in [0.15, 0.2) is 0 Å². The van der Waals surface area contributed by atoms with Crippen molar-refractivity contribution < 1.29 is 4.79 Å². The molecule has 0 saturated heterocycles. The van der Waals surface area contributed by atoms with Crippen molar-refractivity contribution in [2.45, 2.75) is 13.8 Å². The van der Waals surface area contributed by atoms with Crippen molar-refractivity contribution in [1.82, 2.24) is 0 Å². The highest BCUT2D eigenvalue weighted by Crippen LogP contribution is 2.24. The fourth-order valence-electron chi connectivity index (χ4n) is 1.40. The Morgan fingerprint density at radius 1 is 1.36 bits per heavy atom. The molecule has 3 heteroatoms. The van der Waals surface area contributed by atoms with Crippen molar-refractivity contribution >= 4 is 28.5 Å². The van der Waals surface area contributed by atoms with Crippen LogP contribution in [0.5, 0.6) is 0 Å². The van der Waals surface area contributed by atoms with E-state index in [-0.39, 0.29) is 5.78 Å². The van der Waals surface area contributed by atoms with E-state index < -0.39 is 0 Å². The van der Waals surface area contributed by atoms with E-state index in [0.717, 1.165) is 15.3 Å². The maximum atomic E-state index is 12.0. The van der Waals surface area contributed by atoms with Crippen molar-refractivity contribution in [3.05, 3.63) is 43.8 Å². The molecule has 0 bridgehead atoms. The Morgan fingerprint density at radius 2 is 2.14 bits per heavy atom. The van der Waals surface area contributed by atoms with Gasteiger partial charge in [0.2, 0.25) is 5.78 Å². The lowest BCUT2D eigenvalue weighted by Gasteiger charge is -1.94. The van der Waals surface area contributed by atoms with Crippen LogP contribution in [-0.4, -0.2) is 5.78 Å². The van der Waals surface area contributed by atoms with Gasteiger partial charge in [-0.2, -0.15) is 0 Å². The second kappa shape index (κ2) is 3.67. The van der Waals surface area contributed by atoms with Crippen molar-refractivity contribution in [3.63, 3.8) is 0 Å². The van der Waals surface area contributed by atoms with Gasteiger partial charge < -0.3 is 0 Å². The van der Waals surface area contributed by atoms with E-state index in [4.69, 9.17) is 0 Å². The first-order chi connectivity index (χ1) is 6.68. The molecule has 72 valence electrons. The topological polar surface area (TPSA) is 17.1 Å². The number of ketones is 1. The Morgan fingerprint density at radius 3 is 2.64 bits per heavy atom. The third kappa shape index (κ3) is 1.65. The highest BCUT2D eigenvalue weighted by atomic mass is 32.1. The van der Waals surface area contributed by atoms with Gasteiger partial charge in [-0.05, 0) is 31.4 Å². The molecule has 2 heterocycles. The molecule has 0 aromatic carbocycles. The minimum absolute atomic E-state index is 0.154. The zero-order valence-corrected chi connectivity index (χ0v) is 9.67. The summed E-state index contributed by atoms with van der Waals surface area (Å²) in [6, 6.07) is 5.76. The third-order valence-electron chi connectivity index (χ3n) is 2.03. The van der Waals surface area contributed by atoms with E-state index in [1.54, 1.807) is 11.3 Å². The summed E-state index contributed by atoms with van der Waals surface area (Å²) in [6.07, 6.45) is 0. The fourth-order valence-corrected chi connectivity index (χ4v) is 3.00. The first kappa shape index (κ1) is 9.62. The zero-order valence-electron chi connectivity index (χ0n) is 8.03. The van der Waals surface area contributed by atoms with Crippen LogP contribution in [0.15, 0.2) is 23.6 Å². The van der Waals surface area contributed by atoms with Crippen LogP contribution in [0, 0.1) is 13.8 Å². The summed E-state index contributed by atoms with van der Waals surface area (Å²) in [5.74, 6) is 0.154. The third-order valence-corrected chi connectivity index (χ3v) is 3.87. The van der Waals surface area contributed by atoms with Crippen LogP contribution in [0.4, 0.5) is 0 Å². The zero-order chi connectivity index (χ0) is 10.1. The molecule has 0 fully saturated rings. The van der Waals surface area contributed by atoms with Crippen LogP contribution < -0.4 is 0 Å². The van der Waals surface area contributed by atoms with Gasteiger partial charge in [0.05, 0.1) is 4.88 Å². The van der Waals surface area contributed by atoms with E-state index in [1.165, 1.54) is 16.2 Å². The molecular formula is C11H10OS2. The van der Waals surface area contributed by atoms with Crippen LogP contribution in [0.2, 0.25) is 0 Å². The molecule has 0 atom stereocenters. The largest absolute Gasteiger partial charge is 0.288 e. The molecule has 0 aliphatic carbocycles. The predicted octanol–water partition coefficient (Wildman–Crippen LogP) is 3.66. The Kier molecular flexibility index (Phi) is 2.52. The van der Waals surface area contributed by atoms with Gasteiger partial charge in [0.25, 0.3) is 0 Å². The Hall–Kier alpha value is -0.930. The highest BCUT2D eigenvalue weighted by molar-refractivity contribution is 7.13. The molecule has 2 aromatic rings. The van der Waals surface area contributed by atoms with Crippen molar-refractivity contribution in [3.8, 4) is 0 Å². The maximum absolute atomic E-state index is 12.0. The molecule has 0 saturated carbocycles. The van der Waals surface area contributed by atoms with E-state index in [1.807, 2.05) is 37.4 Å². The molecule has 1 nitrogen and oxygen atoms in total. The average Bonchev–Trinajstić information content (AvgIpc) is 2.73. The van der Waals surface area contributed by atoms with Crippen molar-refractivity contribution in [2.24, 2.45) is 0 Å². The van der Waals surface area contributed by atoms with E-state index >= 15 is 0 Å². The Balaban J connectivity index is 2.41. The number of hydrogen-bond donors (Lipinski definition) is 0. The average molecular weight is 222 g/mol. The number of hydrogen-bond acceptors (Lipinski definition) is 3. The molecule has 2 rings (SSSR count).